The Morgan fingerprint density at radius 2 is 0.980 bits per heavy atom. The van der Waals surface area contributed by atoms with Gasteiger partial charge in [0.05, 0.1) is 0 Å². The van der Waals surface area contributed by atoms with E-state index in [1.54, 1.807) is 0 Å². The summed E-state index contributed by atoms with van der Waals surface area (Å²) in [5.41, 5.74) is 15.6. The summed E-state index contributed by atoms with van der Waals surface area (Å²) in [6.45, 7) is 15.1. The summed E-state index contributed by atoms with van der Waals surface area (Å²) >= 11 is 0. The Morgan fingerprint density at radius 1 is 0.520 bits per heavy atom. The van der Waals surface area contributed by atoms with E-state index >= 15 is 0 Å². The van der Waals surface area contributed by atoms with Crippen molar-refractivity contribution in [1.82, 2.24) is 9.97 Å². The van der Waals surface area contributed by atoms with E-state index in [9.17, 15) is 0 Å². The smallest absolute Gasteiger partial charge is 0.0456 e. The van der Waals surface area contributed by atoms with Gasteiger partial charge in [-0.25, -0.2) is 0 Å². The standard InChI is InChI=1S/C46H50N4/c1-6-49(26-24-38-30-36-12-8-10-14-44(36)47-38)40-20-22-42(33(4)28-40)46(35-18-16-32(3)17-19-35)43-23-21-41(29-34(43)5)50(7-2)27-25-39-31-37-13-9-11-15-45(37)48-39/h8-23,28-31,46-48H,6-7,24-27H2,1-5H3. The number of likely N-dealkylation sites (N-methyl/N-ethyl adjacent to an activating group) is 2. The lowest BCUT2D eigenvalue weighted by molar-refractivity contribution is 0.797. The molecule has 5 aromatic carbocycles. The highest BCUT2D eigenvalue weighted by atomic mass is 15.1. The van der Waals surface area contributed by atoms with Gasteiger partial charge >= 0.3 is 0 Å². The van der Waals surface area contributed by atoms with Crippen LogP contribution in [0.2, 0.25) is 0 Å². The molecular weight excluding hydrogens is 609 g/mol. The third kappa shape index (κ3) is 7.07. The van der Waals surface area contributed by atoms with Crippen LogP contribution >= 0.6 is 0 Å². The number of aryl methyl sites for hydroxylation is 3. The molecule has 7 aromatic rings. The van der Waals surface area contributed by atoms with Gasteiger partial charge in [0.15, 0.2) is 0 Å². The van der Waals surface area contributed by atoms with Gasteiger partial charge in [-0.1, -0.05) is 78.4 Å². The van der Waals surface area contributed by atoms with Gasteiger partial charge in [-0.3, -0.25) is 0 Å². The zero-order chi connectivity index (χ0) is 34.6. The van der Waals surface area contributed by atoms with Gasteiger partial charge < -0.3 is 19.8 Å². The van der Waals surface area contributed by atoms with E-state index in [1.165, 1.54) is 77.9 Å². The maximum absolute atomic E-state index is 3.61. The molecular formula is C46H50N4. The number of H-pyrrole nitrogens is 2. The first-order valence-corrected chi connectivity index (χ1v) is 18.3. The van der Waals surface area contributed by atoms with E-state index < -0.39 is 0 Å². The molecule has 0 fully saturated rings. The molecule has 0 atom stereocenters. The first kappa shape index (κ1) is 33.3. The van der Waals surface area contributed by atoms with Crippen molar-refractivity contribution >= 4 is 33.2 Å². The molecule has 0 aliphatic carbocycles. The van der Waals surface area contributed by atoms with Crippen molar-refractivity contribution in [1.29, 1.82) is 0 Å². The van der Waals surface area contributed by atoms with Crippen LogP contribution in [0.1, 0.15) is 64.5 Å². The number of aromatic nitrogens is 2. The molecule has 2 heterocycles. The van der Waals surface area contributed by atoms with E-state index in [4.69, 9.17) is 0 Å². The summed E-state index contributed by atoms with van der Waals surface area (Å²) in [6, 6.07) is 45.0. The summed E-state index contributed by atoms with van der Waals surface area (Å²) in [4.78, 5) is 12.2. The van der Waals surface area contributed by atoms with Crippen LogP contribution in [0.25, 0.3) is 21.8 Å². The molecule has 0 saturated carbocycles. The third-order valence-electron chi connectivity index (χ3n) is 10.5. The molecule has 254 valence electrons. The molecule has 0 radical (unpaired) electrons. The Balaban J connectivity index is 1.14. The van der Waals surface area contributed by atoms with E-state index in [-0.39, 0.29) is 5.92 Å². The molecule has 0 amide bonds. The summed E-state index contributed by atoms with van der Waals surface area (Å²) < 4.78 is 0. The van der Waals surface area contributed by atoms with Gasteiger partial charge in [-0.05, 0) is 122 Å². The molecule has 0 saturated heterocycles. The molecule has 7 rings (SSSR count). The lowest BCUT2D eigenvalue weighted by Crippen LogP contribution is -2.26. The number of hydrogen-bond acceptors (Lipinski definition) is 2. The number of rotatable bonds is 13. The van der Waals surface area contributed by atoms with E-state index in [1.807, 2.05) is 0 Å². The normalized spacial score (nSPS) is 11.6. The lowest BCUT2D eigenvalue weighted by Gasteiger charge is -2.28. The van der Waals surface area contributed by atoms with Crippen LogP contribution in [-0.2, 0) is 12.8 Å². The van der Waals surface area contributed by atoms with Gasteiger partial charge in [-0.2, -0.15) is 0 Å². The van der Waals surface area contributed by atoms with Gasteiger partial charge in [0, 0.05) is 78.7 Å². The van der Waals surface area contributed by atoms with Crippen molar-refractivity contribution in [3.05, 3.63) is 166 Å². The largest absolute Gasteiger partial charge is 0.371 e. The zero-order valence-electron chi connectivity index (χ0n) is 30.3. The van der Waals surface area contributed by atoms with Crippen LogP contribution in [0.5, 0.6) is 0 Å². The van der Waals surface area contributed by atoms with E-state index in [0.717, 1.165) is 39.0 Å². The molecule has 4 heteroatoms. The van der Waals surface area contributed by atoms with Crippen molar-refractivity contribution in [2.45, 2.75) is 53.4 Å². The van der Waals surface area contributed by atoms with Crippen LogP contribution in [0, 0.1) is 20.8 Å². The minimum Gasteiger partial charge on any atom is -0.371 e. The topological polar surface area (TPSA) is 38.1 Å². The Bertz CT molecular complexity index is 2000. The van der Waals surface area contributed by atoms with Crippen molar-refractivity contribution in [3.63, 3.8) is 0 Å². The number of fused-ring (bicyclic) bond motifs is 2. The Kier molecular flexibility index (Phi) is 9.80. The van der Waals surface area contributed by atoms with Crippen LogP contribution < -0.4 is 9.80 Å². The molecule has 4 nitrogen and oxygen atoms in total. The van der Waals surface area contributed by atoms with Gasteiger partial charge in [0.1, 0.15) is 0 Å². The number of anilines is 2. The van der Waals surface area contributed by atoms with Crippen LogP contribution in [0.3, 0.4) is 0 Å². The number of nitrogens with one attached hydrogen (secondary N) is 2. The Morgan fingerprint density at radius 3 is 1.40 bits per heavy atom. The summed E-state index contributed by atoms with van der Waals surface area (Å²) in [5, 5.41) is 2.56. The van der Waals surface area contributed by atoms with Crippen molar-refractivity contribution in [2.24, 2.45) is 0 Å². The molecule has 2 aromatic heterocycles. The average molecular weight is 659 g/mol. The second-order valence-corrected chi connectivity index (χ2v) is 13.8. The fraction of sp³-hybridized carbons (Fsp3) is 0.261. The van der Waals surface area contributed by atoms with E-state index in [2.05, 4.69) is 176 Å². The highest BCUT2D eigenvalue weighted by Crippen LogP contribution is 2.38. The van der Waals surface area contributed by atoms with Crippen molar-refractivity contribution in [2.75, 3.05) is 36.0 Å². The highest BCUT2D eigenvalue weighted by molar-refractivity contribution is 5.81. The number of hydrogen-bond donors (Lipinski definition) is 2. The molecule has 2 N–H and O–H groups in total. The lowest BCUT2D eigenvalue weighted by atomic mass is 9.81. The quantitative estimate of drug-likeness (QED) is 0.121. The van der Waals surface area contributed by atoms with Gasteiger partial charge in [-0.15, -0.1) is 0 Å². The zero-order valence-corrected chi connectivity index (χ0v) is 30.3. The predicted molar refractivity (Wildman–Crippen MR) is 214 cm³/mol. The SMILES string of the molecule is CCN(CCc1cc2ccccc2[nH]1)c1ccc(C(c2ccc(C)cc2)c2ccc(N(CC)CCc3cc4ccccc4[nH]3)cc2C)c(C)c1. The molecule has 0 aliphatic rings. The fourth-order valence-corrected chi connectivity index (χ4v) is 7.63. The Hall–Kier alpha value is -5.22. The summed E-state index contributed by atoms with van der Waals surface area (Å²) in [7, 11) is 0. The van der Waals surface area contributed by atoms with Crippen molar-refractivity contribution < 1.29 is 0 Å². The number of benzene rings is 5. The second-order valence-electron chi connectivity index (χ2n) is 13.8. The summed E-state index contributed by atoms with van der Waals surface area (Å²) in [6.07, 6.45) is 1.97. The second kappa shape index (κ2) is 14.7. The average Bonchev–Trinajstić information content (AvgIpc) is 3.75. The number of nitrogens with zero attached hydrogens (tertiary/aromatic N) is 2. The molecule has 0 spiro atoms. The molecule has 0 unspecified atom stereocenters. The predicted octanol–water partition coefficient (Wildman–Crippen LogP) is 10.9. The van der Waals surface area contributed by atoms with Gasteiger partial charge in [0.2, 0.25) is 0 Å². The van der Waals surface area contributed by atoms with Crippen LogP contribution in [0.4, 0.5) is 11.4 Å². The minimum absolute atomic E-state index is 0.154. The summed E-state index contributed by atoms with van der Waals surface area (Å²) in [5.74, 6) is 0.154. The first-order chi connectivity index (χ1) is 24.4. The molecule has 50 heavy (non-hydrogen) atoms. The van der Waals surface area contributed by atoms with Crippen molar-refractivity contribution in [3.8, 4) is 0 Å². The number of para-hydroxylation sites is 2. The Labute approximate surface area is 297 Å². The number of aromatic amines is 2. The van der Waals surface area contributed by atoms with Crippen LogP contribution in [0.15, 0.2) is 121 Å². The monoisotopic (exact) mass is 658 g/mol. The van der Waals surface area contributed by atoms with Crippen LogP contribution in [-0.4, -0.2) is 36.1 Å². The highest BCUT2D eigenvalue weighted by Gasteiger charge is 2.22. The van der Waals surface area contributed by atoms with Gasteiger partial charge in [0.25, 0.3) is 0 Å². The maximum Gasteiger partial charge on any atom is 0.0456 e. The molecule has 0 bridgehead atoms. The maximum atomic E-state index is 3.61. The van der Waals surface area contributed by atoms with E-state index in [0.29, 0.717) is 0 Å². The molecule has 0 aliphatic heterocycles. The fourth-order valence-electron chi connectivity index (χ4n) is 7.63. The minimum atomic E-state index is 0.154. The third-order valence-corrected chi connectivity index (χ3v) is 10.5. The first-order valence-electron chi connectivity index (χ1n) is 18.3.